The fourth-order valence-electron chi connectivity index (χ4n) is 2.40. The van der Waals surface area contributed by atoms with Gasteiger partial charge in [0.1, 0.15) is 26.6 Å². The Kier molecular flexibility index (Phi) is 6.73. The smallest absolute Gasteiger partial charge is 0.358 e. The first-order chi connectivity index (χ1) is 12.6. The number of hydrogen-bond acceptors (Lipinski definition) is 6. The number of rotatable bonds is 8. The van der Waals surface area contributed by atoms with Gasteiger partial charge in [0, 0.05) is 11.1 Å². The van der Waals surface area contributed by atoms with E-state index in [1.807, 2.05) is 31.2 Å². The standard InChI is InChI=1S/C19H20N2O5/c1-13(20-24-2)15-9-6-7-11-17(15)26-12-14-8-4-5-10-16(14)18(19(22)23)21-25-3/h4-11H,12H2,1-3H3,(H,22,23)/b20-13+,21-18+. The molecule has 0 saturated heterocycles. The molecule has 0 fully saturated rings. The Bertz CT molecular complexity index is 830. The van der Waals surface area contributed by atoms with Crippen LogP contribution in [0.25, 0.3) is 0 Å². The summed E-state index contributed by atoms with van der Waals surface area (Å²) < 4.78 is 5.91. The highest BCUT2D eigenvalue weighted by Crippen LogP contribution is 2.21. The summed E-state index contributed by atoms with van der Waals surface area (Å²) in [5, 5.41) is 16.9. The quantitative estimate of drug-likeness (QED) is 0.580. The third-order valence-electron chi connectivity index (χ3n) is 3.55. The van der Waals surface area contributed by atoms with Crippen LogP contribution in [0.3, 0.4) is 0 Å². The molecule has 0 saturated carbocycles. The molecule has 1 N–H and O–H groups in total. The van der Waals surface area contributed by atoms with Crippen molar-refractivity contribution in [3.05, 3.63) is 65.2 Å². The molecule has 2 aromatic carbocycles. The number of para-hydroxylation sites is 1. The van der Waals surface area contributed by atoms with E-state index >= 15 is 0 Å². The van der Waals surface area contributed by atoms with Gasteiger partial charge in [0.15, 0.2) is 5.71 Å². The molecule has 0 radical (unpaired) electrons. The van der Waals surface area contributed by atoms with Gasteiger partial charge >= 0.3 is 5.97 Å². The number of nitrogens with zero attached hydrogens (tertiary/aromatic N) is 2. The first-order valence-corrected chi connectivity index (χ1v) is 7.81. The second-order valence-corrected chi connectivity index (χ2v) is 5.23. The average Bonchev–Trinajstić information content (AvgIpc) is 2.65. The maximum atomic E-state index is 11.5. The van der Waals surface area contributed by atoms with Gasteiger partial charge in [-0.2, -0.15) is 0 Å². The summed E-state index contributed by atoms with van der Waals surface area (Å²) >= 11 is 0. The monoisotopic (exact) mass is 356 g/mol. The van der Waals surface area contributed by atoms with Crippen molar-refractivity contribution in [3.8, 4) is 5.75 Å². The molecule has 0 unspecified atom stereocenters. The van der Waals surface area contributed by atoms with Crippen LogP contribution < -0.4 is 4.74 Å². The fourth-order valence-corrected chi connectivity index (χ4v) is 2.40. The van der Waals surface area contributed by atoms with Crippen LogP contribution in [-0.2, 0) is 21.1 Å². The number of aliphatic carboxylic acids is 1. The van der Waals surface area contributed by atoms with E-state index in [-0.39, 0.29) is 12.3 Å². The van der Waals surface area contributed by atoms with Crippen molar-refractivity contribution < 1.29 is 24.3 Å². The zero-order valence-corrected chi connectivity index (χ0v) is 14.8. The third-order valence-corrected chi connectivity index (χ3v) is 3.55. The van der Waals surface area contributed by atoms with Gasteiger partial charge in [-0.15, -0.1) is 0 Å². The van der Waals surface area contributed by atoms with E-state index in [2.05, 4.69) is 15.1 Å². The fraction of sp³-hybridized carbons (Fsp3) is 0.211. The van der Waals surface area contributed by atoms with E-state index < -0.39 is 5.97 Å². The van der Waals surface area contributed by atoms with Crippen LogP contribution in [0.2, 0.25) is 0 Å². The number of benzene rings is 2. The molecule has 0 bridgehead atoms. The maximum Gasteiger partial charge on any atom is 0.358 e. The molecule has 0 aliphatic heterocycles. The molecule has 26 heavy (non-hydrogen) atoms. The molecule has 0 spiro atoms. The van der Waals surface area contributed by atoms with E-state index in [9.17, 15) is 9.90 Å². The van der Waals surface area contributed by atoms with Crippen LogP contribution >= 0.6 is 0 Å². The van der Waals surface area contributed by atoms with Crippen molar-refractivity contribution in [2.24, 2.45) is 10.3 Å². The number of oxime groups is 2. The molecule has 7 heteroatoms. The SMILES string of the molecule is CO/N=C(/C(=O)O)c1ccccc1COc1ccccc1/C(C)=N/OC. The van der Waals surface area contributed by atoms with Crippen LogP contribution in [-0.4, -0.2) is 36.7 Å². The lowest BCUT2D eigenvalue weighted by molar-refractivity contribution is -0.129. The minimum Gasteiger partial charge on any atom is -0.488 e. The zero-order chi connectivity index (χ0) is 18.9. The number of ether oxygens (including phenoxy) is 1. The molecule has 0 aliphatic carbocycles. The molecule has 0 aliphatic rings. The molecule has 136 valence electrons. The largest absolute Gasteiger partial charge is 0.488 e. The molecule has 0 amide bonds. The highest BCUT2D eigenvalue weighted by atomic mass is 16.6. The van der Waals surface area contributed by atoms with Gasteiger partial charge in [-0.25, -0.2) is 4.79 Å². The number of carboxylic acid groups (broad SMARTS) is 1. The number of hydrogen-bond donors (Lipinski definition) is 1. The first-order valence-electron chi connectivity index (χ1n) is 7.81. The van der Waals surface area contributed by atoms with Crippen LogP contribution in [0, 0.1) is 0 Å². The normalized spacial score (nSPS) is 11.8. The number of carbonyl (C=O) groups is 1. The predicted molar refractivity (Wildman–Crippen MR) is 97.6 cm³/mol. The second-order valence-electron chi connectivity index (χ2n) is 5.23. The van der Waals surface area contributed by atoms with Crippen LogP contribution in [0.15, 0.2) is 58.8 Å². The molecule has 7 nitrogen and oxygen atoms in total. The van der Waals surface area contributed by atoms with Crippen molar-refractivity contribution in [1.29, 1.82) is 0 Å². The van der Waals surface area contributed by atoms with E-state index in [4.69, 9.17) is 9.57 Å². The summed E-state index contributed by atoms with van der Waals surface area (Å²) in [7, 11) is 2.78. The molecule has 0 aromatic heterocycles. The van der Waals surface area contributed by atoms with Gasteiger partial charge in [0.25, 0.3) is 0 Å². The van der Waals surface area contributed by atoms with Crippen molar-refractivity contribution in [2.45, 2.75) is 13.5 Å². The Morgan fingerprint density at radius 1 is 0.962 bits per heavy atom. The lowest BCUT2D eigenvalue weighted by Crippen LogP contribution is -2.17. The molecular weight excluding hydrogens is 336 g/mol. The van der Waals surface area contributed by atoms with E-state index in [1.165, 1.54) is 14.2 Å². The van der Waals surface area contributed by atoms with Crippen molar-refractivity contribution in [1.82, 2.24) is 0 Å². The Balaban J connectivity index is 2.31. The van der Waals surface area contributed by atoms with Gasteiger partial charge in [-0.3, -0.25) is 0 Å². The highest BCUT2D eigenvalue weighted by Gasteiger charge is 2.18. The third kappa shape index (κ3) is 4.60. The van der Waals surface area contributed by atoms with Gasteiger partial charge in [-0.1, -0.05) is 46.7 Å². The van der Waals surface area contributed by atoms with Gasteiger partial charge in [-0.05, 0) is 24.6 Å². The van der Waals surface area contributed by atoms with E-state index in [0.29, 0.717) is 22.6 Å². The Morgan fingerprint density at radius 3 is 2.23 bits per heavy atom. The number of carboxylic acids is 1. The Labute approximate surface area is 151 Å². The van der Waals surface area contributed by atoms with Gasteiger partial charge in [0.05, 0.1) is 5.71 Å². The maximum absolute atomic E-state index is 11.5. The highest BCUT2D eigenvalue weighted by molar-refractivity contribution is 6.42. The lowest BCUT2D eigenvalue weighted by atomic mass is 10.0. The minimum absolute atomic E-state index is 0.156. The summed E-state index contributed by atoms with van der Waals surface area (Å²) in [5.74, 6) is -0.566. The van der Waals surface area contributed by atoms with Crippen LogP contribution in [0.5, 0.6) is 5.75 Å². The van der Waals surface area contributed by atoms with Gasteiger partial charge < -0.3 is 19.5 Å². The average molecular weight is 356 g/mol. The molecule has 2 rings (SSSR count). The van der Waals surface area contributed by atoms with Crippen molar-refractivity contribution >= 4 is 17.4 Å². The molecule has 2 aromatic rings. The second kappa shape index (κ2) is 9.22. The van der Waals surface area contributed by atoms with E-state index in [0.717, 1.165) is 5.56 Å². The minimum atomic E-state index is -1.18. The van der Waals surface area contributed by atoms with Crippen LogP contribution in [0.1, 0.15) is 23.6 Å². The predicted octanol–water partition coefficient (Wildman–Crippen LogP) is 3.07. The first kappa shape index (κ1) is 19.0. The topological polar surface area (TPSA) is 89.7 Å². The molecular formula is C19H20N2O5. The van der Waals surface area contributed by atoms with Crippen molar-refractivity contribution in [2.75, 3.05) is 14.2 Å². The lowest BCUT2D eigenvalue weighted by Gasteiger charge is -2.13. The summed E-state index contributed by atoms with van der Waals surface area (Å²) in [5.41, 5.74) is 2.37. The van der Waals surface area contributed by atoms with Crippen LogP contribution in [0.4, 0.5) is 0 Å². The van der Waals surface area contributed by atoms with Crippen molar-refractivity contribution in [3.63, 3.8) is 0 Å². The summed E-state index contributed by atoms with van der Waals surface area (Å²) in [6.07, 6.45) is 0. The Hall–Kier alpha value is -3.35. The molecule has 0 atom stereocenters. The molecule has 0 heterocycles. The van der Waals surface area contributed by atoms with Gasteiger partial charge in [0.2, 0.25) is 0 Å². The summed E-state index contributed by atoms with van der Waals surface area (Å²) in [4.78, 5) is 20.9. The zero-order valence-electron chi connectivity index (χ0n) is 14.8. The van der Waals surface area contributed by atoms with E-state index in [1.54, 1.807) is 24.3 Å². The summed E-state index contributed by atoms with van der Waals surface area (Å²) in [6, 6.07) is 14.4. The summed E-state index contributed by atoms with van der Waals surface area (Å²) in [6.45, 7) is 1.97. The Morgan fingerprint density at radius 2 is 1.58 bits per heavy atom.